The van der Waals surface area contributed by atoms with Crippen molar-refractivity contribution in [2.45, 2.75) is 18.8 Å². The van der Waals surface area contributed by atoms with Crippen molar-refractivity contribution in [1.29, 1.82) is 0 Å². The number of aryl methyl sites for hydroxylation is 1. The molecule has 3 heterocycles. The third kappa shape index (κ3) is 2.62. The Balaban J connectivity index is 1.66. The van der Waals surface area contributed by atoms with E-state index in [1.54, 1.807) is 16.7 Å². The summed E-state index contributed by atoms with van der Waals surface area (Å²) in [4.78, 5) is 14.0. The first kappa shape index (κ1) is 13.0. The van der Waals surface area contributed by atoms with Crippen LogP contribution < -0.4 is 5.32 Å². The van der Waals surface area contributed by atoms with Gasteiger partial charge < -0.3 is 9.47 Å². The topological polar surface area (TPSA) is 88.8 Å². The molecule has 1 aliphatic heterocycles. The number of amides is 2. The fourth-order valence-electron chi connectivity index (χ4n) is 2.43. The maximum atomic E-state index is 12.2. The lowest BCUT2D eigenvalue weighted by atomic mass is 9.97. The molecule has 0 aliphatic carbocycles. The number of piperidine rings is 1. The number of nitrogens with zero attached hydrogens (tertiary/aromatic N) is 6. The fourth-order valence-corrected chi connectivity index (χ4v) is 2.87. The number of aromatic nitrogens is 5. The Morgan fingerprint density at radius 3 is 3.05 bits per heavy atom. The summed E-state index contributed by atoms with van der Waals surface area (Å²) in [6.45, 7) is 1.40. The molecule has 0 aromatic carbocycles. The van der Waals surface area contributed by atoms with Crippen LogP contribution in [0.4, 0.5) is 9.93 Å². The Morgan fingerprint density at radius 2 is 2.35 bits per heavy atom. The minimum Gasteiger partial charge on any atom is -0.324 e. The number of hydrogen-bond donors (Lipinski definition) is 1. The van der Waals surface area contributed by atoms with Gasteiger partial charge in [-0.2, -0.15) is 0 Å². The summed E-state index contributed by atoms with van der Waals surface area (Å²) in [6.07, 6.45) is 3.67. The first-order valence-electron chi connectivity index (χ1n) is 6.40. The number of likely N-dealkylation sites (tertiary alicyclic amines) is 1. The van der Waals surface area contributed by atoms with E-state index >= 15 is 0 Å². The molecule has 106 valence electrons. The monoisotopic (exact) mass is 293 g/mol. The van der Waals surface area contributed by atoms with Gasteiger partial charge in [0.25, 0.3) is 0 Å². The third-order valence-corrected chi connectivity index (χ3v) is 4.00. The van der Waals surface area contributed by atoms with Crippen molar-refractivity contribution in [3.8, 4) is 0 Å². The average Bonchev–Trinajstić information content (AvgIpc) is 3.10. The summed E-state index contributed by atoms with van der Waals surface area (Å²) in [7, 11) is 1.93. The van der Waals surface area contributed by atoms with Crippen LogP contribution in [0.3, 0.4) is 0 Å². The largest absolute Gasteiger partial charge is 0.324 e. The summed E-state index contributed by atoms with van der Waals surface area (Å²) >= 11 is 1.31. The second-order valence-electron chi connectivity index (χ2n) is 4.76. The molecule has 1 saturated heterocycles. The van der Waals surface area contributed by atoms with Gasteiger partial charge in [0.15, 0.2) is 0 Å². The summed E-state index contributed by atoms with van der Waals surface area (Å²) in [5, 5.41) is 18.9. The Morgan fingerprint density at radius 1 is 1.45 bits per heavy atom. The molecule has 9 heteroatoms. The molecule has 20 heavy (non-hydrogen) atoms. The third-order valence-electron chi connectivity index (χ3n) is 3.39. The molecule has 0 bridgehead atoms. The number of carbonyl (C=O) groups excluding carboxylic acids is 1. The molecule has 2 amide bonds. The van der Waals surface area contributed by atoms with E-state index in [2.05, 4.69) is 25.7 Å². The zero-order valence-electron chi connectivity index (χ0n) is 11.1. The van der Waals surface area contributed by atoms with Gasteiger partial charge in [-0.3, -0.25) is 5.32 Å². The van der Waals surface area contributed by atoms with E-state index in [0.717, 1.165) is 25.2 Å². The normalized spacial score (nSPS) is 19.1. The summed E-state index contributed by atoms with van der Waals surface area (Å²) in [5.41, 5.74) is 1.59. The van der Waals surface area contributed by atoms with Gasteiger partial charge in [0, 0.05) is 26.1 Å². The van der Waals surface area contributed by atoms with E-state index in [1.165, 1.54) is 11.3 Å². The molecule has 1 atom stereocenters. The highest BCUT2D eigenvalue weighted by Gasteiger charge is 2.27. The highest BCUT2D eigenvalue weighted by atomic mass is 32.1. The summed E-state index contributed by atoms with van der Waals surface area (Å²) < 4.78 is 1.91. The van der Waals surface area contributed by atoms with Gasteiger partial charge in [-0.1, -0.05) is 11.3 Å². The van der Waals surface area contributed by atoms with E-state index in [1.807, 2.05) is 11.6 Å². The SMILES string of the molecule is Cn1cnnc1[C@H]1CCCN(C(=O)Nc2nncs2)C1. The Bertz CT molecular complexity index is 581. The lowest BCUT2D eigenvalue weighted by Crippen LogP contribution is -2.42. The summed E-state index contributed by atoms with van der Waals surface area (Å²) in [5.74, 6) is 1.16. The van der Waals surface area contributed by atoms with Crippen LogP contribution in [0.15, 0.2) is 11.8 Å². The molecule has 1 N–H and O–H groups in total. The molecule has 2 aromatic rings. The number of anilines is 1. The number of rotatable bonds is 2. The maximum absolute atomic E-state index is 12.2. The van der Waals surface area contributed by atoms with E-state index in [4.69, 9.17) is 0 Å². The van der Waals surface area contributed by atoms with E-state index in [9.17, 15) is 4.79 Å². The van der Waals surface area contributed by atoms with Gasteiger partial charge >= 0.3 is 6.03 Å². The van der Waals surface area contributed by atoms with Gasteiger partial charge in [0.05, 0.1) is 0 Å². The average molecular weight is 293 g/mol. The first-order chi connectivity index (χ1) is 9.74. The molecule has 0 unspecified atom stereocenters. The minimum atomic E-state index is -0.131. The van der Waals surface area contributed by atoms with Crippen molar-refractivity contribution in [2.75, 3.05) is 18.4 Å². The molecule has 0 radical (unpaired) electrons. The van der Waals surface area contributed by atoms with Gasteiger partial charge in [-0.15, -0.1) is 20.4 Å². The quantitative estimate of drug-likeness (QED) is 0.895. The van der Waals surface area contributed by atoms with Crippen LogP contribution in [0.5, 0.6) is 0 Å². The second kappa shape index (κ2) is 5.53. The highest BCUT2D eigenvalue weighted by molar-refractivity contribution is 7.13. The van der Waals surface area contributed by atoms with Gasteiger partial charge in [0.2, 0.25) is 5.13 Å². The molecule has 2 aromatic heterocycles. The zero-order valence-corrected chi connectivity index (χ0v) is 11.9. The molecular formula is C11H15N7OS. The fraction of sp³-hybridized carbons (Fsp3) is 0.545. The van der Waals surface area contributed by atoms with Crippen molar-refractivity contribution in [1.82, 2.24) is 29.9 Å². The predicted octanol–water partition coefficient (Wildman–Crippen LogP) is 1.08. The van der Waals surface area contributed by atoms with Crippen molar-refractivity contribution in [3.05, 3.63) is 17.7 Å². The van der Waals surface area contributed by atoms with Crippen LogP contribution in [0.2, 0.25) is 0 Å². The van der Waals surface area contributed by atoms with Crippen molar-refractivity contribution in [3.63, 3.8) is 0 Å². The standard InChI is InChI=1S/C11H15N7OS/c1-17-6-12-15-9(17)8-3-2-4-18(5-8)11(19)14-10-16-13-7-20-10/h6-8H,2-5H2,1H3,(H,14,16,19)/t8-/m0/s1. The van der Waals surface area contributed by atoms with Crippen molar-refractivity contribution < 1.29 is 4.79 Å². The maximum Gasteiger partial charge on any atom is 0.323 e. The Labute approximate surface area is 119 Å². The Kier molecular flexibility index (Phi) is 3.59. The van der Waals surface area contributed by atoms with E-state index in [0.29, 0.717) is 11.7 Å². The Hall–Kier alpha value is -2.03. The van der Waals surface area contributed by atoms with Crippen LogP contribution in [-0.2, 0) is 7.05 Å². The van der Waals surface area contributed by atoms with E-state index in [-0.39, 0.29) is 11.9 Å². The van der Waals surface area contributed by atoms with Gasteiger partial charge in [-0.05, 0) is 12.8 Å². The van der Waals surface area contributed by atoms with Crippen LogP contribution >= 0.6 is 11.3 Å². The smallest absolute Gasteiger partial charge is 0.323 e. The molecule has 3 rings (SSSR count). The van der Waals surface area contributed by atoms with Gasteiger partial charge in [0.1, 0.15) is 17.7 Å². The molecule has 1 fully saturated rings. The van der Waals surface area contributed by atoms with Crippen LogP contribution in [-0.4, -0.2) is 49.0 Å². The summed E-state index contributed by atoms with van der Waals surface area (Å²) in [6, 6.07) is -0.131. The van der Waals surface area contributed by atoms with E-state index < -0.39 is 0 Å². The molecular weight excluding hydrogens is 278 g/mol. The number of nitrogens with one attached hydrogen (secondary N) is 1. The number of urea groups is 1. The lowest BCUT2D eigenvalue weighted by molar-refractivity contribution is 0.190. The second-order valence-corrected chi connectivity index (χ2v) is 5.59. The number of carbonyl (C=O) groups is 1. The van der Waals surface area contributed by atoms with Crippen molar-refractivity contribution >= 4 is 22.5 Å². The zero-order chi connectivity index (χ0) is 13.9. The van der Waals surface area contributed by atoms with Gasteiger partial charge in [-0.25, -0.2) is 4.79 Å². The lowest BCUT2D eigenvalue weighted by Gasteiger charge is -2.31. The highest BCUT2D eigenvalue weighted by Crippen LogP contribution is 2.25. The number of hydrogen-bond acceptors (Lipinski definition) is 6. The molecule has 1 aliphatic rings. The van der Waals surface area contributed by atoms with Crippen LogP contribution in [0, 0.1) is 0 Å². The predicted molar refractivity (Wildman–Crippen MR) is 73.5 cm³/mol. The minimum absolute atomic E-state index is 0.131. The first-order valence-corrected chi connectivity index (χ1v) is 7.28. The van der Waals surface area contributed by atoms with Crippen molar-refractivity contribution in [2.24, 2.45) is 7.05 Å². The molecule has 0 saturated carbocycles. The molecule has 8 nitrogen and oxygen atoms in total. The molecule has 0 spiro atoms. The van der Waals surface area contributed by atoms with Crippen LogP contribution in [0.1, 0.15) is 24.6 Å². The van der Waals surface area contributed by atoms with Crippen LogP contribution in [0.25, 0.3) is 0 Å².